The van der Waals surface area contributed by atoms with Crippen molar-refractivity contribution in [2.75, 3.05) is 18.5 Å². The van der Waals surface area contributed by atoms with Gasteiger partial charge in [-0.2, -0.15) is 0 Å². The molecular formula is C15H21N3O4. The van der Waals surface area contributed by atoms with Gasteiger partial charge in [-0.05, 0) is 45.0 Å². The standard InChI is InChI=1S/C15H21N3O4/c1-4-22-14(20)11-5-7-12(8-6-11)18-13(19)9-16-15(21)17-10(2)3/h5-8,10H,4,9H2,1-3H3,(H,18,19)(H2,16,17,21). The van der Waals surface area contributed by atoms with Crippen molar-refractivity contribution in [1.82, 2.24) is 10.6 Å². The van der Waals surface area contributed by atoms with Crippen LogP contribution >= 0.6 is 0 Å². The van der Waals surface area contributed by atoms with E-state index in [2.05, 4.69) is 16.0 Å². The Balaban J connectivity index is 2.45. The molecule has 3 N–H and O–H groups in total. The Labute approximate surface area is 129 Å². The number of carbonyl (C=O) groups excluding carboxylic acids is 3. The lowest BCUT2D eigenvalue weighted by Gasteiger charge is -2.10. The molecule has 0 bridgehead atoms. The van der Waals surface area contributed by atoms with Gasteiger partial charge in [0, 0.05) is 11.7 Å². The maximum Gasteiger partial charge on any atom is 0.338 e. The zero-order chi connectivity index (χ0) is 16.5. The predicted molar refractivity (Wildman–Crippen MR) is 82.7 cm³/mol. The number of hydrogen-bond acceptors (Lipinski definition) is 4. The second-order valence-corrected chi connectivity index (χ2v) is 4.83. The fourth-order valence-corrected chi connectivity index (χ4v) is 1.58. The lowest BCUT2D eigenvalue weighted by atomic mass is 10.2. The monoisotopic (exact) mass is 307 g/mol. The minimum absolute atomic E-state index is 0.00141. The molecule has 1 aromatic rings. The van der Waals surface area contributed by atoms with Gasteiger partial charge in [-0.3, -0.25) is 4.79 Å². The highest BCUT2D eigenvalue weighted by molar-refractivity contribution is 5.95. The Kier molecular flexibility index (Phi) is 6.88. The van der Waals surface area contributed by atoms with Crippen molar-refractivity contribution in [2.45, 2.75) is 26.8 Å². The third-order valence-corrected chi connectivity index (χ3v) is 2.51. The second kappa shape index (κ2) is 8.66. The van der Waals surface area contributed by atoms with Gasteiger partial charge in [0.2, 0.25) is 5.91 Å². The van der Waals surface area contributed by atoms with Crippen LogP contribution in [0.1, 0.15) is 31.1 Å². The summed E-state index contributed by atoms with van der Waals surface area (Å²) in [5.41, 5.74) is 0.943. The summed E-state index contributed by atoms with van der Waals surface area (Å²) in [6.07, 6.45) is 0. The van der Waals surface area contributed by atoms with Gasteiger partial charge in [-0.15, -0.1) is 0 Å². The van der Waals surface area contributed by atoms with Crippen LogP contribution in [0.4, 0.5) is 10.5 Å². The topological polar surface area (TPSA) is 96.5 Å². The van der Waals surface area contributed by atoms with Crippen LogP contribution in [0.15, 0.2) is 24.3 Å². The van der Waals surface area contributed by atoms with Crippen LogP contribution in [0.25, 0.3) is 0 Å². The van der Waals surface area contributed by atoms with Crippen molar-refractivity contribution in [2.24, 2.45) is 0 Å². The van der Waals surface area contributed by atoms with Gasteiger partial charge in [0.25, 0.3) is 0 Å². The summed E-state index contributed by atoms with van der Waals surface area (Å²) in [6.45, 7) is 5.55. The number of hydrogen-bond donors (Lipinski definition) is 3. The summed E-state index contributed by atoms with van der Waals surface area (Å²) in [6, 6.07) is 5.91. The first-order chi connectivity index (χ1) is 10.4. The fraction of sp³-hybridized carbons (Fsp3) is 0.400. The van der Waals surface area contributed by atoms with Gasteiger partial charge in [-0.25, -0.2) is 9.59 Å². The Morgan fingerprint density at radius 3 is 2.32 bits per heavy atom. The van der Waals surface area contributed by atoms with Crippen LogP contribution in [0.2, 0.25) is 0 Å². The zero-order valence-corrected chi connectivity index (χ0v) is 12.9. The molecule has 0 fully saturated rings. The predicted octanol–water partition coefficient (Wildman–Crippen LogP) is 1.51. The number of carbonyl (C=O) groups is 3. The highest BCUT2D eigenvalue weighted by Gasteiger charge is 2.08. The van der Waals surface area contributed by atoms with Gasteiger partial charge in [0.1, 0.15) is 0 Å². The average Bonchev–Trinajstić information content (AvgIpc) is 2.45. The van der Waals surface area contributed by atoms with E-state index < -0.39 is 12.0 Å². The molecule has 1 aromatic carbocycles. The Bertz CT molecular complexity index is 526. The van der Waals surface area contributed by atoms with Crippen molar-refractivity contribution in [1.29, 1.82) is 0 Å². The Hall–Kier alpha value is -2.57. The smallest absolute Gasteiger partial charge is 0.338 e. The number of anilines is 1. The van der Waals surface area contributed by atoms with Gasteiger partial charge < -0.3 is 20.7 Å². The molecule has 7 nitrogen and oxygen atoms in total. The summed E-state index contributed by atoms with van der Waals surface area (Å²) >= 11 is 0. The molecule has 0 unspecified atom stereocenters. The van der Waals surface area contributed by atoms with E-state index in [1.165, 1.54) is 0 Å². The van der Waals surface area contributed by atoms with Crippen LogP contribution in [0.3, 0.4) is 0 Å². The van der Waals surface area contributed by atoms with Gasteiger partial charge in [-0.1, -0.05) is 0 Å². The summed E-state index contributed by atoms with van der Waals surface area (Å²) < 4.78 is 4.86. The Morgan fingerprint density at radius 2 is 1.77 bits per heavy atom. The SMILES string of the molecule is CCOC(=O)c1ccc(NC(=O)CNC(=O)NC(C)C)cc1. The molecule has 0 aliphatic carbocycles. The molecule has 0 aliphatic rings. The number of urea groups is 1. The number of benzene rings is 1. The van der Waals surface area contributed by atoms with E-state index in [0.717, 1.165) is 0 Å². The quantitative estimate of drug-likeness (QED) is 0.694. The first kappa shape index (κ1) is 17.5. The average molecular weight is 307 g/mol. The lowest BCUT2D eigenvalue weighted by Crippen LogP contribution is -2.42. The minimum atomic E-state index is -0.410. The van der Waals surface area contributed by atoms with Gasteiger partial charge in [0.05, 0.1) is 18.7 Å². The van der Waals surface area contributed by atoms with E-state index in [-0.39, 0.29) is 18.5 Å². The number of amides is 3. The molecule has 3 amide bonds. The molecule has 0 saturated heterocycles. The number of esters is 1. The van der Waals surface area contributed by atoms with Crippen molar-refractivity contribution in [3.05, 3.63) is 29.8 Å². The van der Waals surface area contributed by atoms with Crippen molar-refractivity contribution < 1.29 is 19.1 Å². The number of nitrogens with one attached hydrogen (secondary N) is 3. The van der Waals surface area contributed by atoms with Crippen molar-refractivity contribution in [3.8, 4) is 0 Å². The normalized spacial score (nSPS) is 10.0. The summed E-state index contributed by atoms with van der Waals surface area (Å²) in [5, 5.41) is 7.67. The van der Waals surface area contributed by atoms with E-state index in [9.17, 15) is 14.4 Å². The first-order valence-electron chi connectivity index (χ1n) is 7.03. The summed E-state index contributed by atoms with van der Waals surface area (Å²) in [5.74, 6) is -0.768. The van der Waals surface area contributed by atoms with Crippen molar-refractivity contribution >= 4 is 23.6 Å². The first-order valence-corrected chi connectivity index (χ1v) is 7.03. The zero-order valence-electron chi connectivity index (χ0n) is 12.9. The van der Waals surface area contributed by atoms with Gasteiger partial charge >= 0.3 is 12.0 Å². The summed E-state index contributed by atoms with van der Waals surface area (Å²) in [4.78, 5) is 34.5. The highest BCUT2D eigenvalue weighted by atomic mass is 16.5. The van der Waals surface area contributed by atoms with Crippen molar-refractivity contribution in [3.63, 3.8) is 0 Å². The molecule has 0 spiro atoms. The maximum absolute atomic E-state index is 11.7. The molecule has 7 heteroatoms. The van der Waals surface area contributed by atoms with E-state index >= 15 is 0 Å². The number of ether oxygens (including phenoxy) is 1. The van der Waals surface area contributed by atoms with Crippen LogP contribution in [-0.2, 0) is 9.53 Å². The largest absolute Gasteiger partial charge is 0.462 e. The molecule has 0 aliphatic heterocycles. The molecule has 0 radical (unpaired) electrons. The highest BCUT2D eigenvalue weighted by Crippen LogP contribution is 2.10. The third-order valence-electron chi connectivity index (χ3n) is 2.51. The molecule has 1 rings (SSSR count). The van der Waals surface area contributed by atoms with E-state index in [4.69, 9.17) is 4.74 Å². The molecular weight excluding hydrogens is 286 g/mol. The van der Waals surface area contributed by atoms with Crippen LogP contribution in [0.5, 0.6) is 0 Å². The molecule has 0 aromatic heterocycles. The molecule has 0 atom stereocenters. The molecule has 120 valence electrons. The Morgan fingerprint density at radius 1 is 1.14 bits per heavy atom. The van der Waals surface area contributed by atoms with Crippen LogP contribution in [0, 0.1) is 0 Å². The lowest BCUT2D eigenvalue weighted by molar-refractivity contribution is -0.115. The molecule has 0 heterocycles. The van der Waals surface area contributed by atoms with E-state index in [0.29, 0.717) is 17.9 Å². The maximum atomic E-state index is 11.7. The van der Waals surface area contributed by atoms with E-state index in [1.54, 1.807) is 31.2 Å². The van der Waals surface area contributed by atoms with Crippen LogP contribution < -0.4 is 16.0 Å². The van der Waals surface area contributed by atoms with Gasteiger partial charge in [0.15, 0.2) is 0 Å². The molecule has 0 saturated carbocycles. The fourth-order valence-electron chi connectivity index (χ4n) is 1.58. The minimum Gasteiger partial charge on any atom is -0.462 e. The third kappa shape index (κ3) is 6.25. The molecule has 22 heavy (non-hydrogen) atoms. The second-order valence-electron chi connectivity index (χ2n) is 4.83. The summed E-state index contributed by atoms with van der Waals surface area (Å²) in [7, 11) is 0. The number of rotatable bonds is 6. The van der Waals surface area contributed by atoms with Crippen LogP contribution in [-0.4, -0.2) is 37.1 Å². The van der Waals surface area contributed by atoms with E-state index in [1.807, 2.05) is 13.8 Å².